The van der Waals surface area contributed by atoms with E-state index in [9.17, 15) is 14.9 Å². The van der Waals surface area contributed by atoms with Gasteiger partial charge in [0.25, 0.3) is 11.6 Å². The fourth-order valence-corrected chi connectivity index (χ4v) is 3.42. The average Bonchev–Trinajstić information content (AvgIpc) is 3.25. The van der Waals surface area contributed by atoms with Gasteiger partial charge >= 0.3 is 0 Å². The summed E-state index contributed by atoms with van der Waals surface area (Å²) >= 11 is 0. The zero-order valence-corrected chi connectivity index (χ0v) is 18.5. The second kappa shape index (κ2) is 10.4. The van der Waals surface area contributed by atoms with Crippen LogP contribution in [0, 0.1) is 17.0 Å². The molecule has 0 aliphatic carbocycles. The number of nitro groups is 1. The monoisotopic (exact) mass is 457 g/mol. The summed E-state index contributed by atoms with van der Waals surface area (Å²) in [6, 6.07) is 23.7. The molecule has 0 aliphatic heterocycles. The van der Waals surface area contributed by atoms with Gasteiger partial charge in [-0.1, -0.05) is 53.7 Å². The van der Waals surface area contributed by atoms with E-state index in [1.807, 2.05) is 54.6 Å². The third-order valence-corrected chi connectivity index (χ3v) is 5.27. The molecule has 4 aromatic rings. The molecule has 9 heteroatoms. The molecule has 1 amide bonds. The SMILES string of the molecule is Cc1c(C(=O)NCCc2ccc(OCc3ccccc3)cc2)nnn1-c1cccc([N+](=O)[O-])c1. The second-order valence-electron chi connectivity index (χ2n) is 7.64. The Kier molecular flexibility index (Phi) is 6.92. The zero-order valence-electron chi connectivity index (χ0n) is 18.5. The van der Waals surface area contributed by atoms with Gasteiger partial charge < -0.3 is 10.1 Å². The van der Waals surface area contributed by atoms with Gasteiger partial charge in [-0.15, -0.1) is 5.10 Å². The first kappa shape index (κ1) is 22.7. The maximum Gasteiger partial charge on any atom is 0.273 e. The van der Waals surface area contributed by atoms with Crippen LogP contribution in [0.25, 0.3) is 5.69 Å². The zero-order chi connectivity index (χ0) is 23.9. The molecule has 0 fully saturated rings. The summed E-state index contributed by atoms with van der Waals surface area (Å²) in [6.45, 7) is 2.63. The van der Waals surface area contributed by atoms with E-state index in [2.05, 4.69) is 15.6 Å². The van der Waals surface area contributed by atoms with Crippen molar-refractivity contribution >= 4 is 11.6 Å². The molecule has 9 nitrogen and oxygen atoms in total. The van der Waals surface area contributed by atoms with Gasteiger partial charge in [-0.05, 0) is 42.7 Å². The van der Waals surface area contributed by atoms with Crippen molar-refractivity contribution in [2.45, 2.75) is 20.0 Å². The number of aromatic nitrogens is 3. The fraction of sp³-hybridized carbons (Fsp3) is 0.160. The van der Waals surface area contributed by atoms with E-state index >= 15 is 0 Å². The van der Waals surface area contributed by atoms with Gasteiger partial charge in [0.15, 0.2) is 5.69 Å². The Balaban J connectivity index is 1.30. The van der Waals surface area contributed by atoms with Crippen molar-refractivity contribution in [3.8, 4) is 11.4 Å². The summed E-state index contributed by atoms with van der Waals surface area (Å²) in [5.74, 6) is 0.432. The first-order valence-electron chi connectivity index (χ1n) is 10.7. The van der Waals surface area contributed by atoms with Crippen LogP contribution in [-0.4, -0.2) is 32.4 Å². The third kappa shape index (κ3) is 5.44. The predicted molar refractivity (Wildman–Crippen MR) is 126 cm³/mol. The third-order valence-electron chi connectivity index (χ3n) is 5.27. The second-order valence-corrected chi connectivity index (χ2v) is 7.64. The van der Waals surface area contributed by atoms with Crippen molar-refractivity contribution in [1.82, 2.24) is 20.3 Å². The number of non-ortho nitro benzene ring substituents is 1. The van der Waals surface area contributed by atoms with Crippen LogP contribution in [0.2, 0.25) is 0 Å². The fourth-order valence-electron chi connectivity index (χ4n) is 3.42. The van der Waals surface area contributed by atoms with Crippen LogP contribution in [0.4, 0.5) is 5.69 Å². The molecule has 0 saturated carbocycles. The molecule has 0 atom stereocenters. The lowest BCUT2D eigenvalue weighted by atomic mass is 10.1. The molecule has 1 heterocycles. The highest BCUT2D eigenvalue weighted by atomic mass is 16.6. The van der Waals surface area contributed by atoms with E-state index in [4.69, 9.17) is 4.74 Å². The molecule has 0 unspecified atom stereocenters. The Bertz CT molecular complexity index is 1290. The van der Waals surface area contributed by atoms with Crippen LogP contribution in [0.3, 0.4) is 0 Å². The first-order chi connectivity index (χ1) is 16.5. The number of ether oxygens (including phenoxy) is 1. The molecule has 1 aromatic heterocycles. The molecular weight excluding hydrogens is 434 g/mol. The molecule has 1 N–H and O–H groups in total. The minimum Gasteiger partial charge on any atom is -0.489 e. The Morgan fingerprint density at radius 1 is 1.03 bits per heavy atom. The van der Waals surface area contributed by atoms with Crippen LogP contribution in [-0.2, 0) is 13.0 Å². The molecule has 0 radical (unpaired) electrons. The van der Waals surface area contributed by atoms with Crippen molar-refractivity contribution in [2.75, 3.05) is 6.54 Å². The molecular formula is C25H23N5O4. The van der Waals surface area contributed by atoms with Crippen molar-refractivity contribution in [1.29, 1.82) is 0 Å². The van der Waals surface area contributed by atoms with Gasteiger partial charge in [0.2, 0.25) is 0 Å². The van der Waals surface area contributed by atoms with Crippen LogP contribution in [0.1, 0.15) is 27.3 Å². The van der Waals surface area contributed by atoms with Gasteiger partial charge in [0, 0.05) is 18.7 Å². The number of carbonyl (C=O) groups is 1. The maximum absolute atomic E-state index is 12.6. The highest BCUT2D eigenvalue weighted by molar-refractivity contribution is 5.93. The minimum atomic E-state index is -0.481. The van der Waals surface area contributed by atoms with Crippen molar-refractivity contribution < 1.29 is 14.5 Å². The highest BCUT2D eigenvalue weighted by Gasteiger charge is 2.18. The van der Waals surface area contributed by atoms with Crippen molar-refractivity contribution in [2.24, 2.45) is 0 Å². The Labute approximate surface area is 196 Å². The van der Waals surface area contributed by atoms with E-state index < -0.39 is 4.92 Å². The Morgan fingerprint density at radius 2 is 1.79 bits per heavy atom. The average molecular weight is 457 g/mol. The Morgan fingerprint density at radius 3 is 2.53 bits per heavy atom. The number of hydrogen-bond donors (Lipinski definition) is 1. The van der Waals surface area contributed by atoms with Crippen LogP contribution in [0.5, 0.6) is 5.75 Å². The van der Waals surface area contributed by atoms with E-state index in [1.54, 1.807) is 19.1 Å². The lowest BCUT2D eigenvalue weighted by molar-refractivity contribution is -0.384. The van der Waals surface area contributed by atoms with E-state index in [-0.39, 0.29) is 17.3 Å². The number of nitro benzene ring substituents is 1. The molecule has 34 heavy (non-hydrogen) atoms. The van der Waals surface area contributed by atoms with E-state index in [0.29, 0.717) is 31.0 Å². The van der Waals surface area contributed by atoms with Gasteiger partial charge in [0.05, 0.1) is 16.3 Å². The Hall–Kier alpha value is -4.53. The number of nitrogens with one attached hydrogen (secondary N) is 1. The van der Waals surface area contributed by atoms with Gasteiger partial charge in [-0.3, -0.25) is 14.9 Å². The predicted octanol–water partition coefficient (Wildman–Crippen LogP) is 4.04. The summed E-state index contributed by atoms with van der Waals surface area (Å²) in [7, 11) is 0. The highest BCUT2D eigenvalue weighted by Crippen LogP contribution is 2.18. The normalized spacial score (nSPS) is 10.6. The quantitative estimate of drug-likeness (QED) is 0.300. The molecule has 0 aliphatic rings. The summed E-state index contributed by atoms with van der Waals surface area (Å²) in [6.07, 6.45) is 0.642. The summed E-state index contributed by atoms with van der Waals surface area (Å²) < 4.78 is 7.21. The molecule has 0 saturated heterocycles. The van der Waals surface area contributed by atoms with Gasteiger partial charge in [0.1, 0.15) is 12.4 Å². The number of nitrogens with zero attached hydrogens (tertiary/aromatic N) is 4. The maximum atomic E-state index is 12.6. The number of benzene rings is 3. The van der Waals surface area contributed by atoms with Crippen LogP contribution in [0.15, 0.2) is 78.9 Å². The van der Waals surface area contributed by atoms with Crippen molar-refractivity contribution in [3.63, 3.8) is 0 Å². The number of rotatable bonds is 9. The molecule has 3 aromatic carbocycles. The van der Waals surface area contributed by atoms with Gasteiger partial charge in [-0.2, -0.15) is 0 Å². The van der Waals surface area contributed by atoms with Crippen LogP contribution < -0.4 is 10.1 Å². The largest absolute Gasteiger partial charge is 0.489 e. The standard InChI is InChI=1S/C25H23N5O4/c1-18-24(27-28-29(18)21-8-5-9-22(16-21)30(32)33)25(31)26-15-14-19-10-12-23(13-11-19)34-17-20-6-3-2-4-7-20/h2-13,16H,14-15,17H2,1H3,(H,26,31). The lowest BCUT2D eigenvalue weighted by Gasteiger charge is -2.08. The molecule has 0 spiro atoms. The number of hydrogen-bond acceptors (Lipinski definition) is 6. The van der Waals surface area contributed by atoms with E-state index in [1.165, 1.54) is 16.8 Å². The van der Waals surface area contributed by atoms with Crippen molar-refractivity contribution in [3.05, 3.63) is 111 Å². The van der Waals surface area contributed by atoms with Crippen LogP contribution >= 0.6 is 0 Å². The molecule has 4 rings (SSSR count). The molecule has 0 bridgehead atoms. The van der Waals surface area contributed by atoms with Gasteiger partial charge in [-0.25, -0.2) is 4.68 Å². The number of amides is 1. The lowest BCUT2D eigenvalue weighted by Crippen LogP contribution is -2.26. The van der Waals surface area contributed by atoms with E-state index in [0.717, 1.165) is 16.9 Å². The number of carbonyl (C=O) groups excluding carboxylic acids is 1. The first-order valence-corrected chi connectivity index (χ1v) is 10.7. The summed E-state index contributed by atoms with van der Waals surface area (Å²) in [4.78, 5) is 23.1. The summed E-state index contributed by atoms with van der Waals surface area (Å²) in [5.41, 5.74) is 3.24. The smallest absolute Gasteiger partial charge is 0.273 e. The summed E-state index contributed by atoms with van der Waals surface area (Å²) in [5, 5.41) is 21.8. The minimum absolute atomic E-state index is 0.0603. The molecule has 172 valence electrons. The topological polar surface area (TPSA) is 112 Å².